The molecule has 1 unspecified atom stereocenters. The Morgan fingerprint density at radius 1 is 1.00 bits per heavy atom. The molecule has 2 rings (SSSR count). The summed E-state index contributed by atoms with van der Waals surface area (Å²) in [6, 6.07) is 15.6. The van der Waals surface area contributed by atoms with E-state index in [9.17, 15) is 4.79 Å². The Morgan fingerprint density at radius 3 is 2.05 bits per heavy atom. The van der Waals surface area contributed by atoms with Crippen molar-refractivity contribution < 1.29 is 9.90 Å². The summed E-state index contributed by atoms with van der Waals surface area (Å²) in [5.41, 5.74) is 3.87. The number of hydrogen-bond donors (Lipinski definition) is 1. The molecule has 0 bridgehead atoms. The monoisotopic (exact) mass is 296 g/mol. The van der Waals surface area contributed by atoms with Crippen molar-refractivity contribution in [2.24, 2.45) is 5.92 Å². The highest BCUT2D eigenvalue weighted by molar-refractivity contribution is 5.88. The molecule has 0 aromatic heterocycles. The van der Waals surface area contributed by atoms with Crippen molar-refractivity contribution >= 4 is 5.97 Å². The highest BCUT2D eigenvalue weighted by Gasteiger charge is 2.05. The predicted octanol–water partition coefficient (Wildman–Crippen LogP) is 5.42. The molecule has 0 fully saturated rings. The van der Waals surface area contributed by atoms with Gasteiger partial charge in [0.25, 0.3) is 0 Å². The van der Waals surface area contributed by atoms with Crippen LogP contribution in [0, 0.1) is 5.92 Å². The predicted molar refractivity (Wildman–Crippen MR) is 91.2 cm³/mol. The SMILES string of the molecule is CCCCC(C)Cc1ccc(-c2ccc(C(=O)O)cc2)cc1. The average Bonchev–Trinajstić information content (AvgIpc) is 2.54. The maximum absolute atomic E-state index is 10.9. The van der Waals surface area contributed by atoms with Crippen molar-refractivity contribution in [3.8, 4) is 11.1 Å². The lowest BCUT2D eigenvalue weighted by atomic mass is 9.94. The number of unbranched alkanes of at least 4 members (excludes halogenated alkanes) is 1. The Bertz CT molecular complexity index is 597. The van der Waals surface area contributed by atoms with Gasteiger partial charge in [0, 0.05) is 0 Å². The number of benzene rings is 2. The number of carboxylic acid groups (broad SMARTS) is 1. The Balaban J connectivity index is 2.03. The molecule has 0 spiro atoms. The van der Waals surface area contributed by atoms with Crippen molar-refractivity contribution in [2.75, 3.05) is 0 Å². The van der Waals surface area contributed by atoms with Crippen LogP contribution in [-0.4, -0.2) is 11.1 Å². The van der Waals surface area contributed by atoms with Crippen LogP contribution < -0.4 is 0 Å². The van der Waals surface area contributed by atoms with Gasteiger partial charge >= 0.3 is 5.97 Å². The van der Waals surface area contributed by atoms with Gasteiger partial charge in [0.15, 0.2) is 0 Å². The lowest BCUT2D eigenvalue weighted by Gasteiger charge is -2.11. The van der Waals surface area contributed by atoms with Crippen molar-refractivity contribution in [1.82, 2.24) is 0 Å². The van der Waals surface area contributed by atoms with Crippen LogP contribution in [0.25, 0.3) is 11.1 Å². The molecule has 1 N–H and O–H groups in total. The molecule has 0 aliphatic heterocycles. The first-order chi connectivity index (χ1) is 10.6. The van der Waals surface area contributed by atoms with Gasteiger partial charge in [0.1, 0.15) is 0 Å². The van der Waals surface area contributed by atoms with Gasteiger partial charge in [-0.05, 0) is 41.2 Å². The van der Waals surface area contributed by atoms with E-state index in [4.69, 9.17) is 5.11 Å². The van der Waals surface area contributed by atoms with Crippen LogP contribution in [0.5, 0.6) is 0 Å². The molecular formula is C20H24O2. The molecule has 116 valence electrons. The van der Waals surface area contributed by atoms with Crippen LogP contribution >= 0.6 is 0 Å². The Hall–Kier alpha value is -2.09. The number of carboxylic acids is 1. The summed E-state index contributed by atoms with van der Waals surface area (Å²) in [5, 5.41) is 8.93. The zero-order chi connectivity index (χ0) is 15.9. The van der Waals surface area contributed by atoms with E-state index in [1.54, 1.807) is 12.1 Å². The topological polar surface area (TPSA) is 37.3 Å². The lowest BCUT2D eigenvalue weighted by Crippen LogP contribution is -1.99. The smallest absolute Gasteiger partial charge is 0.335 e. The number of carbonyl (C=O) groups is 1. The van der Waals surface area contributed by atoms with Gasteiger partial charge in [-0.1, -0.05) is 69.5 Å². The van der Waals surface area contributed by atoms with Crippen LogP contribution in [-0.2, 0) is 6.42 Å². The van der Waals surface area contributed by atoms with Gasteiger partial charge in [0.05, 0.1) is 5.56 Å². The first kappa shape index (κ1) is 16.3. The molecule has 1 atom stereocenters. The van der Waals surface area contributed by atoms with E-state index in [1.165, 1.54) is 24.8 Å². The fourth-order valence-electron chi connectivity index (χ4n) is 2.70. The van der Waals surface area contributed by atoms with E-state index >= 15 is 0 Å². The van der Waals surface area contributed by atoms with Crippen molar-refractivity contribution in [2.45, 2.75) is 39.5 Å². The van der Waals surface area contributed by atoms with E-state index in [-0.39, 0.29) is 0 Å². The van der Waals surface area contributed by atoms with E-state index in [2.05, 4.69) is 38.1 Å². The maximum Gasteiger partial charge on any atom is 0.335 e. The van der Waals surface area contributed by atoms with Gasteiger partial charge < -0.3 is 5.11 Å². The molecule has 0 amide bonds. The molecular weight excluding hydrogens is 272 g/mol. The Kier molecular flexibility index (Phi) is 5.76. The summed E-state index contributed by atoms with van der Waals surface area (Å²) >= 11 is 0. The molecule has 2 aromatic rings. The first-order valence-corrected chi connectivity index (χ1v) is 8.02. The molecule has 0 aliphatic carbocycles. The summed E-state index contributed by atoms with van der Waals surface area (Å²) in [5.74, 6) is -0.163. The molecule has 2 nitrogen and oxygen atoms in total. The van der Waals surface area contributed by atoms with Gasteiger partial charge in [-0.25, -0.2) is 4.79 Å². The molecule has 0 aliphatic rings. The highest BCUT2D eigenvalue weighted by atomic mass is 16.4. The summed E-state index contributed by atoms with van der Waals surface area (Å²) in [6.45, 7) is 4.55. The van der Waals surface area contributed by atoms with Crippen LogP contribution in [0.4, 0.5) is 0 Å². The van der Waals surface area contributed by atoms with Crippen LogP contribution in [0.15, 0.2) is 48.5 Å². The van der Waals surface area contributed by atoms with Crippen molar-refractivity contribution in [3.63, 3.8) is 0 Å². The minimum Gasteiger partial charge on any atom is -0.478 e. The number of rotatable bonds is 7. The number of hydrogen-bond acceptors (Lipinski definition) is 1. The second-order valence-electron chi connectivity index (χ2n) is 6.03. The van der Waals surface area contributed by atoms with E-state index in [1.807, 2.05) is 12.1 Å². The molecule has 0 saturated heterocycles. The fraction of sp³-hybridized carbons (Fsp3) is 0.350. The molecule has 0 saturated carbocycles. The second-order valence-corrected chi connectivity index (χ2v) is 6.03. The molecule has 0 heterocycles. The largest absolute Gasteiger partial charge is 0.478 e. The van der Waals surface area contributed by atoms with E-state index < -0.39 is 5.97 Å². The van der Waals surface area contributed by atoms with Crippen LogP contribution in [0.1, 0.15) is 49.0 Å². The van der Waals surface area contributed by atoms with Gasteiger partial charge in [0.2, 0.25) is 0 Å². The average molecular weight is 296 g/mol. The van der Waals surface area contributed by atoms with Gasteiger partial charge in [-0.3, -0.25) is 0 Å². The summed E-state index contributed by atoms with van der Waals surface area (Å²) in [6.07, 6.45) is 4.97. The summed E-state index contributed by atoms with van der Waals surface area (Å²) < 4.78 is 0. The molecule has 2 aromatic carbocycles. The maximum atomic E-state index is 10.9. The second kappa shape index (κ2) is 7.79. The van der Waals surface area contributed by atoms with Crippen LogP contribution in [0.3, 0.4) is 0 Å². The molecule has 22 heavy (non-hydrogen) atoms. The third kappa shape index (κ3) is 4.45. The minimum absolute atomic E-state index is 0.324. The quantitative estimate of drug-likeness (QED) is 0.740. The number of aromatic carboxylic acids is 1. The standard InChI is InChI=1S/C20H24O2/c1-3-4-5-15(2)14-16-6-8-17(9-7-16)18-10-12-19(13-11-18)20(21)22/h6-13,15H,3-5,14H2,1-2H3,(H,21,22). The lowest BCUT2D eigenvalue weighted by molar-refractivity contribution is 0.0697. The normalized spacial score (nSPS) is 12.1. The first-order valence-electron chi connectivity index (χ1n) is 8.02. The van der Waals surface area contributed by atoms with E-state index in [0.29, 0.717) is 5.56 Å². The molecule has 0 radical (unpaired) electrons. The minimum atomic E-state index is -0.886. The third-order valence-electron chi connectivity index (χ3n) is 4.05. The highest BCUT2D eigenvalue weighted by Crippen LogP contribution is 2.22. The van der Waals surface area contributed by atoms with Crippen molar-refractivity contribution in [3.05, 3.63) is 59.7 Å². The van der Waals surface area contributed by atoms with Gasteiger partial charge in [-0.15, -0.1) is 0 Å². The molecule has 2 heteroatoms. The third-order valence-corrected chi connectivity index (χ3v) is 4.05. The zero-order valence-electron chi connectivity index (χ0n) is 13.4. The van der Waals surface area contributed by atoms with Crippen molar-refractivity contribution in [1.29, 1.82) is 0 Å². The van der Waals surface area contributed by atoms with Gasteiger partial charge in [-0.2, -0.15) is 0 Å². The zero-order valence-corrected chi connectivity index (χ0v) is 13.4. The fourth-order valence-corrected chi connectivity index (χ4v) is 2.70. The summed E-state index contributed by atoms with van der Waals surface area (Å²) in [7, 11) is 0. The van der Waals surface area contributed by atoms with Crippen LogP contribution in [0.2, 0.25) is 0 Å². The Morgan fingerprint density at radius 2 is 1.55 bits per heavy atom. The van der Waals surface area contributed by atoms with E-state index in [0.717, 1.165) is 23.5 Å². The Labute approximate surface area is 132 Å². The summed E-state index contributed by atoms with van der Waals surface area (Å²) in [4.78, 5) is 10.9.